The summed E-state index contributed by atoms with van der Waals surface area (Å²) >= 11 is 0. The van der Waals surface area contributed by atoms with E-state index in [0.717, 1.165) is 37.5 Å². The molecule has 0 aliphatic carbocycles. The van der Waals surface area contributed by atoms with Gasteiger partial charge in [-0.15, -0.1) is 0 Å². The molecule has 0 amide bonds. The SMILES string of the molecule is CC(CCCO)CCCC(C)CCCCO. The van der Waals surface area contributed by atoms with Crippen molar-refractivity contribution in [3.63, 3.8) is 0 Å². The predicted octanol–water partition coefficient (Wildman–Crippen LogP) is 3.36. The highest BCUT2D eigenvalue weighted by Crippen LogP contribution is 2.19. The van der Waals surface area contributed by atoms with Crippen LogP contribution in [0.5, 0.6) is 0 Å². The third-order valence-electron chi connectivity index (χ3n) is 3.35. The minimum atomic E-state index is 0.335. The molecule has 0 saturated carbocycles. The lowest BCUT2D eigenvalue weighted by molar-refractivity contribution is 0.268. The first-order valence-corrected chi connectivity index (χ1v) is 6.92. The molecule has 0 fully saturated rings. The van der Waals surface area contributed by atoms with Gasteiger partial charge in [0, 0.05) is 13.2 Å². The summed E-state index contributed by atoms with van der Waals surface area (Å²) in [7, 11) is 0. The average molecular weight is 230 g/mol. The number of hydrogen-bond donors (Lipinski definition) is 2. The summed E-state index contributed by atoms with van der Waals surface area (Å²) in [5.74, 6) is 1.56. The third kappa shape index (κ3) is 10.4. The summed E-state index contributed by atoms with van der Waals surface area (Å²) in [6.45, 7) is 5.27. The van der Waals surface area contributed by atoms with E-state index in [0.29, 0.717) is 13.2 Å². The highest BCUT2D eigenvalue weighted by molar-refractivity contribution is 4.58. The highest BCUT2D eigenvalue weighted by atomic mass is 16.3. The van der Waals surface area contributed by atoms with Crippen molar-refractivity contribution < 1.29 is 10.2 Å². The van der Waals surface area contributed by atoms with Crippen LogP contribution < -0.4 is 0 Å². The Labute approximate surface area is 101 Å². The molecule has 2 heteroatoms. The van der Waals surface area contributed by atoms with Crippen molar-refractivity contribution in [2.45, 2.75) is 65.2 Å². The van der Waals surface area contributed by atoms with Gasteiger partial charge in [0.15, 0.2) is 0 Å². The summed E-state index contributed by atoms with van der Waals surface area (Å²) < 4.78 is 0. The maximum Gasteiger partial charge on any atom is 0.0431 e. The largest absolute Gasteiger partial charge is 0.396 e. The van der Waals surface area contributed by atoms with Gasteiger partial charge in [-0.3, -0.25) is 0 Å². The van der Waals surface area contributed by atoms with E-state index >= 15 is 0 Å². The summed E-state index contributed by atoms with van der Waals surface area (Å²) in [5, 5.41) is 17.4. The van der Waals surface area contributed by atoms with E-state index in [9.17, 15) is 0 Å². The second kappa shape index (κ2) is 11.4. The summed E-state index contributed by atoms with van der Waals surface area (Å²) in [6, 6.07) is 0. The van der Waals surface area contributed by atoms with Gasteiger partial charge in [-0.05, 0) is 31.1 Å². The van der Waals surface area contributed by atoms with Crippen LogP contribution in [0.25, 0.3) is 0 Å². The van der Waals surface area contributed by atoms with Gasteiger partial charge in [0.1, 0.15) is 0 Å². The molecule has 2 N–H and O–H groups in total. The smallest absolute Gasteiger partial charge is 0.0431 e. The van der Waals surface area contributed by atoms with E-state index in [2.05, 4.69) is 13.8 Å². The molecule has 0 heterocycles. The molecule has 0 aromatic rings. The van der Waals surface area contributed by atoms with E-state index in [-0.39, 0.29) is 0 Å². The fourth-order valence-corrected chi connectivity index (χ4v) is 2.15. The van der Waals surface area contributed by atoms with E-state index in [1.807, 2.05) is 0 Å². The van der Waals surface area contributed by atoms with Crippen LogP contribution >= 0.6 is 0 Å². The van der Waals surface area contributed by atoms with Gasteiger partial charge in [0.05, 0.1) is 0 Å². The Morgan fingerprint density at radius 3 is 1.56 bits per heavy atom. The van der Waals surface area contributed by atoms with E-state index in [4.69, 9.17) is 10.2 Å². The van der Waals surface area contributed by atoms with Crippen molar-refractivity contribution in [3.05, 3.63) is 0 Å². The Hall–Kier alpha value is -0.0800. The Morgan fingerprint density at radius 2 is 1.06 bits per heavy atom. The van der Waals surface area contributed by atoms with E-state index in [1.54, 1.807) is 0 Å². The Morgan fingerprint density at radius 1 is 0.625 bits per heavy atom. The zero-order chi connectivity index (χ0) is 12.2. The monoisotopic (exact) mass is 230 g/mol. The molecular formula is C14H30O2. The number of hydrogen-bond acceptors (Lipinski definition) is 2. The normalized spacial score (nSPS) is 15.0. The van der Waals surface area contributed by atoms with Crippen LogP contribution in [0.4, 0.5) is 0 Å². The predicted molar refractivity (Wildman–Crippen MR) is 69.4 cm³/mol. The molecule has 2 nitrogen and oxygen atoms in total. The molecule has 0 rings (SSSR count). The van der Waals surface area contributed by atoms with Gasteiger partial charge in [-0.25, -0.2) is 0 Å². The summed E-state index contributed by atoms with van der Waals surface area (Å²) in [5.41, 5.74) is 0. The molecule has 2 atom stereocenters. The van der Waals surface area contributed by atoms with Crippen molar-refractivity contribution >= 4 is 0 Å². The molecule has 0 aromatic carbocycles. The van der Waals surface area contributed by atoms with Crippen molar-refractivity contribution in [1.82, 2.24) is 0 Å². The number of unbranched alkanes of at least 4 members (excludes halogenated alkanes) is 1. The highest BCUT2D eigenvalue weighted by Gasteiger charge is 2.05. The van der Waals surface area contributed by atoms with Crippen LogP contribution in [-0.2, 0) is 0 Å². The maximum atomic E-state index is 8.73. The van der Waals surface area contributed by atoms with E-state index in [1.165, 1.54) is 25.7 Å². The summed E-state index contributed by atoms with van der Waals surface area (Å²) in [4.78, 5) is 0. The van der Waals surface area contributed by atoms with Gasteiger partial charge in [-0.2, -0.15) is 0 Å². The van der Waals surface area contributed by atoms with Crippen molar-refractivity contribution in [3.8, 4) is 0 Å². The number of aliphatic hydroxyl groups excluding tert-OH is 2. The van der Waals surface area contributed by atoms with Crippen molar-refractivity contribution in [1.29, 1.82) is 0 Å². The first-order chi connectivity index (χ1) is 7.70. The number of aliphatic hydroxyl groups is 2. The average Bonchev–Trinajstić information content (AvgIpc) is 2.26. The Kier molecular flexibility index (Phi) is 11.3. The van der Waals surface area contributed by atoms with Gasteiger partial charge >= 0.3 is 0 Å². The van der Waals surface area contributed by atoms with Gasteiger partial charge < -0.3 is 10.2 Å². The lowest BCUT2D eigenvalue weighted by Crippen LogP contribution is -2.00. The van der Waals surface area contributed by atoms with Crippen LogP contribution in [-0.4, -0.2) is 23.4 Å². The third-order valence-corrected chi connectivity index (χ3v) is 3.35. The van der Waals surface area contributed by atoms with Crippen LogP contribution in [0.1, 0.15) is 65.2 Å². The minimum absolute atomic E-state index is 0.335. The molecule has 2 unspecified atom stereocenters. The molecule has 98 valence electrons. The second-order valence-electron chi connectivity index (χ2n) is 5.23. The van der Waals surface area contributed by atoms with Crippen LogP contribution in [0.15, 0.2) is 0 Å². The van der Waals surface area contributed by atoms with Gasteiger partial charge in [0.25, 0.3) is 0 Å². The molecule has 0 radical (unpaired) electrons. The first kappa shape index (κ1) is 15.9. The zero-order valence-corrected chi connectivity index (χ0v) is 11.1. The topological polar surface area (TPSA) is 40.5 Å². The fraction of sp³-hybridized carbons (Fsp3) is 1.00. The van der Waals surface area contributed by atoms with Crippen molar-refractivity contribution in [2.75, 3.05) is 13.2 Å². The lowest BCUT2D eigenvalue weighted by atomic mass is 9.93. The molecule has 0 spiro atoms. The van der Waals surface area contributed by atoms with Crippen LogP contribution in [0.2, 0.25) is 0 Å². The summed E-state index contributed by atoms with van der Waals surface area (Å²) in [6.07, 6.45) is 9.41. The Bertz CT molecular complexity index is 137. The molecular weight excluding hydrogens is 200 g/mol. The zero-order valence-electron chi connectivity index (χ0n) is 11.1. The van der Waals surface area contributed by atoms with E-state index < -0.39 is 0 Å². The first-order valence-electron chi connectivity index (χ1n) is 6.92. The van der Waals surface area contributed by atoms with Crippen LogP contribution in [0.3, 0.4) is 0 Å². The molecule has 0 aliphatic heterocycles. The standard InChI is InChI=1S/C14H30O2/c1-13(7-3-4-11-15)8-5-9-14(2)10-6-12-16/h13-16H,3-12H2,1-2H3. The molecule has 16 heavy (non-hydrogen) atoms. The van der Waals surface area contributed by atoms with Crippen LogP contribution in [0, 0.1) is 11.8 Å². The molecule has 0 aromatic heterocycles. The lowest BCUT2D eigenvalue weighted by Gasteiger charge is -2.13. The maximum absolute atomic E-state index is 8.73. The minimum Gasteiger partial charge on any atom is -0.396 e. The number of rotatable bonds is 11. The van der Waals surface area contributed by atoms with Crippen molar-refractivity contribution in [2.24, 2.45) is 11.8 Å². The Balaban J connectivity index is 3.28. The molecule has 0 aliphatic rings. The second-order valence-corrected chi connectivity index (χ2v) is 5.23. The fourth-order valence-electron chi connectivity index (χ4n) is 2.15. The molecule has 0 saturated heterocycles. The quantitative estimate of drug-likeness (QED) is 0.534. The molecule has 0 bridgehead atoms. The van der Waals surface area contributed by atoms with Gasteiger partial charge in [-0.1, -0.05) is 46.0 Å². The van der Waals surface area contributed by atoms with Gasteiger partial charge in [0.2, 0.25) is 0 Å².